The molecule has 16 heavy (non-hydrogen) atoms. The topological polar surface area (TPSA) is 29.0 Å². The Kier molecular flexibility index (Phi) is 5.00. The zero-order valence-corrected chi connectivity index (χ0v) is 11.3. The number of rotatable bonds is 5. The first-order valence-corrected chi connectivity index (χ1v) is 6.23. The minimum Gasteiger partial charge on any atom is -0.357 e. The highest BCUT2D eigenvalue weighted by Crippen LogP contribution is 2.17. The van der Waals surface area contributed by atoms with Crippen molar-refractivity contribution in [1.82, 2.24) is 9.97 Å². The van der Waals surface area contributed by atoms with Crippen molar-refractivity contribution in [3.8, 4) is 0 Å². The Morgan fingerprint density at radius 3 is 2.38 bits per heavy atom. The zero-order chi connectivity index (χ0) is 12.1. The highest BCUT2D eigenvalue weighted by atomic mass is 35.5. The van der Waals surface area contributed by atoms with E-state index in [1.807, 2.05) is 6.07 Å². The molecule has 0 bridgehead atoms. The molecular weight excluding hydrogens is 222 g/mol. The lowest BCUT2D eigenvalue weighted by Gasteiger charge is -2.20. The molecule has 0 aliphatic rings. The van der Waals surface area contributed by atoms with Gasteiger partial charge < -0.3 is 4.90 Å². The summed E-state index contributed by atoms with van der Waals surface area (Å²) >= 11 is 5.94. The third-order valence-corrected chi connectivity index (χ3v) is 2.61. The maximum absolute atomic E-state index is 5.94. The van der Waals surface area contributed by atoms with Crippen LogP contribution in [0.3, 0.4) is 0 Å². The standard InChI is InChI=1S/C12H20ClN3/c1-5-16(6-2)11-8-10(7-9(3)4)14-12(13)15-11/h8-9H,5-7H2,1-4H3. The molecule has 0 saturated carbocycles. The summed E-state index contributed by atoms with van der Waals surface area (Å²) in [6.07, 6.45) is 0.941. The molecule has 1 aromatic rings. The summed E-state index contributed by atoms with van der Waals surface area (Å²) in [6, 6.07) is 2.04. The molecule has 4 heteroatoms. The van der Waals surface area contributed by atoms with Gasteiger partial charge in [0.25, 0.3) is 0 Å². The maximum atomic E-state index is 5.94. The third kappa shape index (κ3) is 3.63. The Morgan fingerprint density at radius 1 is 1.25 bits per heavy atom. The molecule has 1 heterocycles. The van der Waals surface area contributed by atoms with Crippen molar-refractivity contribution in [2.45, 2.75) is 34.1 Å². The van der Waals surface area contributed by atoms with Crippen LogP contribution in [0.25, 0.3) is 0 Å². The quantitative estimate of drug-likeness (QED) is 0.742. The van der Waals surface area contributed by atoms with Crippen molar-refractivity contribution in [2.75, 3.05) is 18.0 Å². The van der Waals surface area contributed by atoms with Crippen molar-refractivity contribution >= 4 is 17.4 Å². The van der Waals surface area contributed by atoms with Gasteiger partial charge in [-0.05, 0) is 37.8 Å². The Hall–Kier alpha value is -0.830. The molecule has 0 unspecified atom stereocenters. The Balaban J connectivity index is 2.97. The normalized spacial score (nSPS) is 10.9. The van der Waals surface area contributed by atoms with Gasteiger partial charge in [0.15, 0.2) is 0 Å². The van der Waals surface area contributed by atoms with Gasteiger partial charge in [-0.1, -0.05) is 13.8 Å². The molecule has 0 aliphatic carbocycles. The van der Waals surface area contributed by atoms with Crippen LogP contribution in [0, 0.1) is 5.92 Å². The molecule has 0 aromatic carbocycles. The maximum Gasteiger partial charge on any atom is 0.224 e. The average molecular weight is 242 g/mol. The number of aromatic nitrogens is 2. The molecule has 90 valence electrons. The van der Waals surface area contributed by atoms with Crippen LogP contribution in [-0.2, 0) is 6.42 Å². The summed E-state index contributed by atoms with van der Waals surface area (Å²) in [4.78, 5) is 10.7. The van der Waals surface area contributed by atoms with E-state index < -0.39 is 0 Å². The molecule has 0 aliphatic heterocycles. The average Bonchev–Trinajstić information content (AvgIpc) is 2.17. The predicted molar refractivity (Wildman–Crippen MR) is 69.1 cm³/mol. The van der Waals surface area contributed by atoms with E-state index in [-0.39, 0.29) is 0 Å². The summed E-state index contributed by atoms with van der Waals surface area (Å²) in [5, 5.41) is 0.347. The monoisotopic (exact) mass is 241 g/mol. The number of hydrogen-bond acceptors (Lipinski definition) is 3. The van der Waals surface area contributed by atoms with Crippen LogP contribution in [0.5, 0.6) is 0 Å². The van der Waals surface area contributed by atoms with Gasteiger partial charge in [-0.15, -0.1) is 0 Å². The summed E-state index contributed by atoms with van der Waals surface area (Å²) < 4.78 is 0. The van der Waals surface area contributed by atoms with Gasteiger partial charge in [0.2, 0.25) is 5.28 Å². The summed E-state index contributed by atoms with van der Waals surface area (Å²) in [5.74, 6) is 1.51. The van der Waals surface area contributed by atoms with E-state index in [9.17, 15) is 0 Å². The van der Waals surface area contributed by atoms with E-state index in [0.29, 0.717) is 11.2 Å². The van der Waals surface area contributed by atoms with Gasteiger partial charge >= 0.3 is 0 Å². The lowest BCUT2D eigenvalue weighted by molar-refractivity contribution is 0.633. The minimum atomic E-state index is 0.347. The second kappa shape index (κ2) is 6.04. The summed E-state index contributed by atoms with van der Waals surface area (Å²) in [5.41, 5.74) is 1.02. The van der Waals surface area contributed by atoms with Gasteiger partial charge in [-0.2, -0.15) is 0 Å². The third-order valence-electron chi connectivity index (χ3n) is 2.44. The fraction of sp³-hybridized carbons (Fsp3) is 0.667. The largest absolute Gasteiger partial charge is 0.357 e. The minimum absolute atomic E-state index is 0.347. The van der Waals surface area contributed by atoms with Gasteiger partial charge in [0.1, 0.15) is 5.82 Å². The highest BCUT2D eigenvalue weighted by Gasteiger charge is 2.09. The molecule has 0 saturated heterocycles. The molecule has 1 rings (SSSR count). The first kappa shape index (κ1) is 13.2. The van der Waals surface area contributed by atoms with E-state index in [1.54, 1.807) is 0 Å². The van der Waals surface area contributed by atoms with Crippen molar-refractivity contribution in [2.24, 2.45) is 5.92 Å². The van der Waals surface area contributed by atoms with Crippen molar-refractivity contribution in [3.05, 3.63) is 17.0 Å². The van der Waals surface area contributed by atoms with Crippen molar-refractivity contribution in [3.63, 3.8) is 0 Å². The van der Waals surface area contributed by atoms with Crippen LogP contribution in [0.4, 0.5) is 5.82 Å². The van der Waals surface area contributed by atoms with Gasteiger partial charge in [0, 0.05) is 24.8 Å². The van der Waals surface area contributed by atoms with Crippen LogP contribution in [-0.4, -0.2) is 23.1 Å². The second-order valence-electron chi connectivity index (χ2n) is 4.26. The molecule has 0 fully saturated rings. The van der Waals surface area contributed by atoms with E-state index in [4.69, 9.17) is 11.6 Å². The molecule has 0 spiro atoms. The summed E-state index contributed by atoms with van der Waals surface area (Å²) in [7, 11) is 0. The predicted octanol–water partition coefficient (Wildman–Crippen LogP) is 3.17. The number of hydrogen-bond donors (Lipinski definition) is 0. The van der Waals surface area contributed by atoms with E-state index in [2.05, 4.69) is 42.6 Å². The lowest BCUT2D eigenvalue weighted by Crippen LogP contribution is -2.23. The Morgan fingerprint density at radius 2 is 1.88 bits per heavy atom. The van der Waals surface area contributed by atoms with Crippen LogP contribution < -0.4 is 4.90 Å². The number of nitrogens with zero attached hydrogens (tertiary/aromatic N) is 3. The van der Waals surface area contributed by atoms with E-state index in [1.165, 1.54) is 0 Å². The molecule has 3 nitrogen and oxygen atoms in total. The SMILES string of the molecule is CCN(CC)c1cc(CC(C)C)nc(Cl)n1. The first-order chi connectivity index (χ1) is 7.56. The molecule has 0 amide bonds. The van der Waals surface area contributed by atoms with Gasteiger partial charge in [-0.3, -0.25) is 0 Å². The van der Waals surface area contributed by atoms with Crippen LogP contribution in [0.15, 0.2) is 6.07 Å². The fourth-order valence-electron chi connectivity index (χ4n) is 1.68. The molecular formula is C12H20ClN3. The van der Waals surface area contributed by atoms with Crippen LogP contribution in [0.1, 0.15) is 33.4 Å². The molecule has 0 atom stereocenters. The molecule has 0 N–H and O–H groups in total. The zero-order valence-electron chi connectivity index (χ0n) is 10.5. The number of halogens is 1. The number of anilines is 1. The molecule has 1 aromatic heterocycles. The molecule has 0 radical (unpaired) electrons. The van der Waals surface area contributed by atoms with E-state index in [0.717, 1.165) is 31.0 Å². The van der Waals surface area contributed by atoms with Gasteiger partial charge in [-0.25, -0.2) is 9.97 Å². The van der Waals surface area contributed by atoms with Crippen LogP contribution >= 0.6 is 11.6 Å². The summed E-state index contributed by atoms with van der Waals surface area (Å²) in [6.45, 7) is 10.4. The smallest absolute Gasteiger partial charge is 0.224 e. The second-order valence-corrected chi connectivity index (χ2v) is 4.59. The van der Waals surface area contributed by atoms with Crippen LogP contribution in [0.2, 0.25) is 5.28 Å². The lowest BCUT2D eigenvalue weighted by atomic mass is 10.1. The highest BCUT2D eigenvalue weighted by molar-refractivity contribution is 6.28. The van der Waals surface area contributed by atoms with Gasteiger partial charge in [0.05, 0.1) is 0 Å². The van der Waals surface area contributed by atoms with E-state index >= 15 is 0 Å². The Bertz CT molecular complexity index is 335. The fourth-order valence-corrected chi connectivity index (χ4v) is 1.88. The first-order valence-electron chi connectivity index (χ1n) is 5.85. The van der Waals surface area contributed by atoms with Crippen molar-refractivity contribution in [1.29, 1.82) is 0 Å². The Labute approximate surface area is 103 Å². The van der Waals surface area contributed by atoms with Crippen molar-refractivity contribution < 1.29 is 0 Å².